The number of halogens is 1. The number of hydrogen-bond donors (Lipinski definition) is 4. The summed E-state index contributed by atoms with van der Waals surface area (Å²) in [6.07, 6.45) is -2.33. The lowest BCUT2D eigenvalue weighted by molar-refractivity contribution is -0.0446. The molecule has 8 nitrogen and oxygen atoms in total. The number of aromatic nitrogens is 2. The minimum atomic E-state index is -1.36. The summed E-state index contributed by atoms with van der Waals surface area (Å²) in [5.74, 6) is -0.149. The summed E-state index contributed by atoms with van der Waals surface area (Å²) in [6.45, 7) is -0.526. The van der Waals surface area contributed by atoms with E-state index in [-0.39, 0.29) is 23.4 Å². The normalized spacial score (nSPS) is 29.0. The first-order chi connectivity index (χ1) is 8.99. The first kappa shape index (κ1) is 13.5. The summed E-state index contributed by atoms with van der Waals surface area (Å²) < 4.78 is 18.9. The van der Waals surface area contributed by atoms with Crippen molar-refractivity contribution in [3.63, 3.8) is 0 Å². The number of hydrogen-bond acceptors (Lipinski definition) is 7. The molecule has 2 heterocycles. The van der Waals surface area contributed by atoms with Crippen LogP contribution < -0.4 is 17.2 Å². The molecule has 1 aromatic heterocycles. The predicted octanol–water partition coefficient (Wildman–Crippen LogP) is -1.49. The van der Waals surface area contributed by atoms with Gasteiger partial charge in [0, 0.05) is 11.8 Å². The molecule has 0 spiro atoms. The highest BCUT2D eigenvalue weighted by atomic mass is 19.1. The van der Waals surface area contributed by atoms with Gasteiger partial charge in [-0.1, -0.05) is 0 Å². The van der Waals surface area contributed by atoms with Crippen LogP contribution in [0, 0.1) is 0 Å². The maximum absolute atomic E-state index is 12.8. The second-order valence-corrected chi connectivity index (χ2v) is 4.03. The van der Waals surface area contributed by atoms with E-state index in [1.165, 1.54) is 0 Å². The van der Waals surface area contributed by atoms with Crippen molar-refractivity contribution in [2.75, 3.05) is 18.1 Å². The minimum absolute atomic E-state index is 0.0170. The third kappa shape index (κ3) is 2.18. The summed E-state index contributed by atoms with van der Waals surface area (Å²) in [6, 6.07) is 0. The van der Waals surface area contributed by atoms with Crippen molar-refractivity contribution >= 4 is 11.5 Å². The van der Waals surface area contributed by atoms with Crippen LogP contribution in [0.25, 0.3) is 0 Å². The molecule has 1 aromatic rings. The number of nitrogens with zero attached hydrogens (tertiary/aromatic N) is 2. The average molecular weight is 272 g/mol. The van der Waals surface area contributed by atoms with Crippen molar-refractivity contribution in [1.29, 1.82) is 0 Å². The molecule has 19 heavy (non-hydrogen) atoms. The van der Waals surface area contributed by atoms with Crippen LogP contribution in [0.5, 0.6) is 0 Å². The van der Waals surface area contributed by atoms with Gasteiger partial charge in [0.15, 0.2) is 12.0 Å². The number of nitrogens with two attached hydrogens (primary N) is 2. The summed E-state index contributed by atoms with van der Waals surface area (Å²) in [5, 5.41) is 18.7. The second-order valence-electron chi connectivity index (χ2n) is 4.03. The van der Waals surface area contributed by atoms with Crippen LogP contribution in [-0.2, 0) is 4.74 Å². The highest BCUT2D eigenvalue weighted by Gasteiger charge is 2.40. The van der Waals surface area contributed by atoms with Crippen molar-refractivity contribution in [3.8, 4) is 0 Å². The molecule has 3 atom stereocenters. The molecule has 0 radical (unpaired) electrons. The van der Waals surface area contributed by atoms with Crippen molar-refractivity contribution in [2.24, 2.45) is 0 Å². The number of anilines is 2. The Morgan fingerprint density at radius 1 is 1.58 bits per heavy atom. The Kier molecular flexibility index (Phi) is 3.51. The van der Waals surface area contributed by atoms with Gasteiger partial charge in [0.25, 0.3) is 0 Å². The van der Waals surface area contributed by atoms with Gasteiger partial charge in [-0.2, -0.15) is 4.98 Å². The Morgan fingerprint density at radius 2 is 2.26 bits per heavy atom. The minimum Gasteiger partial charge on any atom is -0.395 e. The Morgan fingerprint density at radius 3 is 2.84 bits per heavy atom. The van der Waals surface area contributed by atoms with Crippen LogP contribution in [0.2, 0.25) is 0 Å². The van der Waals surface area contributed by atoms with E-state index >= 15 is 0 Å². The molecule has 0 aliphatic carbocycles. The SMILES string of the molecule is Nc1cn(C2OC(CO)C(O)/C2=C\F)c(=O)nc1N. The Hall–Kier alpha value is -1.97. The third-order valence-corrected chi connectivity index (χ3v) is 2.85. The Bertz CT molecular complexity index is 573. The van der Waals surface area contributed by atoms with Gasteiger partial charge in [-0.3, -0.25) is 4.57 Å². The van der Waals surface area contributed by atoms with E-state index in [0.717, 1.165) is 10.8 Å². The maximum atomic E-state index is 12.8. The Labute approximate surface area is 106 Å². The van der Waals surface area contributed by atoms with E-state index in [1.807, 2.05) is 0 Å². The Balaban J connectivity index is 2.47. The van der Waals surface area contributed by atoms with Crippen molar-refractivity contribution in [1.82, 2.24) is 9.55 Å². The van der Waals surface area contributed by atoms with Gasteiger partial charge < -0.3 is 26.4 Å². The molecule has 0 aromatic carbocycles. The van der Waals surface area contributed by atoms with Gasteiger partial charge in [-0.05, 0) is 0 Å². The third-order valence-electron chi connectivity index (χ3n) is 2.85. The summed E-state index contributed by atoms with van der Waals surface area (Å²) in [5.41, 5.74) is 9.90. The van der Waals surface area contributed by atoms with Gasteiger partial charge in [-0.25, -0.2) is 9.18 Å². The zero-order valence-electron chi connectivity index (χ0n) is 9.73. The lowest BCUT2D eigenvalue weighted by Crippen LogP contribution is -2.29. The number of nitrogen functional groups attached to an aromatic ring is 2. The fraction of sp³-hybridized carbons (Fsp3) is 0.400. The van der Waals surface area contributed by atoms with Gasteiger partial charge in [0.05, 0.1) is 18.6 Å². The fourth-order valence-electron chi connectivity index (χ4n) is 1.83. The molecular formula is C10H13FN4O4. The van der Waals surface area contributed by atoms with Crippen LogP contribution in [0.4, 0.5) is 15.9 Å². The summed E-state index contributed by atoms with van der Waals surface area (Å²) >= 11 is 0. The zero-order chi connectivity index (χ0) is 14.2. The molecule has 1 aliphatic heterocycles. The molecule has 0 amide bonds. The van der Waals surface area contributed by atoms with E-state index in [2.05, 4.69) is 4.98 Å². The first-order valence-electron chi connectivity index (χ1n) is 5.38. The summed E-state index contributed by atoms with van der Waals surface area (Å²) in [7, 11) is 0. The molecule has 104 valence electrons. The second kappa shape index (κ2) is 4.96. The molecule has 9 heteroatoms. The number of aliphatic hydroxyl groups excluding tert-OH is 2. The van der Waals surface area contributed by atoms with E-state index < -0.39 is 30.7 Å². The number of ether oxygens (including phenoxy) is 1. The smallest absolute Gasteiger partial charge is 0.352 e. The zero-order valence-corrected chi connectivity index (χ0v) is 9.73. The van der Waals surface area contributed by atoms with Crippen LogP contribution in [-0.4, -0.2) is 38.6 Å². The van der Waals surface area contributed by atoms with Gasteiger partial charge in [0.2, 0.25) is 0 Å². The lowest BCUT2D eigenvalue weighted by atomic mass is 10.1. The van der Waals surface area contributed by atoms with Gasteiger partial charge in [-0.15, -0.1) is 0 Å². The molecule has 1 saturated heterocycles. The molecule has 3 unspecified atom stereocenters. The highest BCUT2D eigenvalue weighted by molar-refractivity contribution is 5.55. The summed E-state index contributed by atoms with van der Waals surface area (Å²) in [4.78, 5) is 15.1. The quantitative estimate of drug-likeness (QED) is 0.514. The van der Waals surface area contributed by atoms with Crippen LogP contribution >= 0.6 is 0 Å². The number of rotatable bonds is 2. The molecule has 0 bridgehead atoms. The van der Waals surface area contributed by atoms with E-state index in [0.29, 0.717) is 0 Å². The predicted molar refractivity (Wildman–Crippen MR) is 63.5 cm³/mol. The van der Waals surface area contributed by atoms with Gasteiger partial charge in [0.1, 0.15) is 12.2 Å². The molecule has 1 aliphatic rings. The van der Waals surface area contributed by atoms with Crippen LogP contribution in [0.3, 0.4) is 0 Å². The average Bonchev–Trinajstić information content (AvgIpc) is 2.70. The van der Waals surface area contributed by atoms with Crippen molar-refractivity contribution < 1.29 is 19.3 Å². The first-order valence-corrected chi connectivity index (χ1v) is 5.38. The van der Waals surface area contributed by atoms with Crippen LogP contribution in [0.15, 0.2) is 22.9 Å². The fourth-order valence-corrected chi connectivity index (χ4v) is 1.83. The van der Waals surface area contributed by atoms with Crippen LogP contribution in [0.1, 0.15) is 6.23 Å². The van der Waals surface area contributed by atoms with E-state index in [1.54, 1.807) is 0 Å². The largest absolute Gasteiger partial charge is 0.395 e. The monoisotopic (exact) mass is 272 g/mol. The standard InChI is InChI=1S/C10H13FN4O4/c11-1-4-7(17)6(3-16)19-9(4)15-2-5(12)8(13)14-10(15)18/h1-2,6-7,9,16-17H,3,12H2,(H2,13,14,18)/b4-1+. The van der Waals surface area contributed by atoms with E-state index in [9.17, 15) is 14.3 Å². The lowest BCUT2D eigenvalue weighted by Gasteiger charge is -2.15. The topological polar surface area (TPSA) is 137 Å². The number of aliphatic hydroxyl groups is 2. The molecule has 1 fully saturated rings. The molecular weight excluding hydrogens is 259 g/mol. The molecule has 0 saturated carbocycles. The highest BCUT2D eigenvalue weighted by Crippen LogP contribution is 2.33. The molecule has 2 rings (SSSR count). The van der Waals surface area contributed by atoms with Crippen molar-refractivity contribution in [3.05, 3.63) is 28.6 Å². The maximum Gasteiger partial charge on any atom is 0.352 e. The molecule has 6 N–H and O–H groups in total. The van der Waals surface area contributed by atoms with E-state index in [4.69, 9.17) is 21.3 Å². The van der Waals surface area contributed by atoms with Crippen molar-refractivity contribution in [2.45, 2.75) is 18.4 Å². The van der Waals surface area contributed by atoms with Gasteiger partial charge >= 0.3 is 5.69 Å².